The Morgan fingerprint density at radius 2 is 1.57 bits per heavy atom. The summed E-state index contributed by atoms with van der Waals surface area (Å²) in [5.41, 5.74) is -0.813. The summed E-state index contributed by atoms with van der Waals surface area (Å²) in [5, 5.41) is 9.98. The maximum atomic E-state index is 12.6. The van der Waals surface area contributed by atoms with Crippen LogP contribution in [0.3, 0.4) is 0 Å². The number of halogens is 3. The standard InChI is InChI=1S/C19H17F3N2O5S/c20-19(21,22)13-4-6-14(7-5-13)29-15-8-10-16(11-9-15)30(27,28)23-17-3-1-2-12-24(26)18(17)25/h1-2,4-11,17,23,26H,3,12H2/t17-/m1/s1. The van der Waals surface area contributed by atoms with Gasteiger partial charge in [0, 0.05) is 0 Å². The van der Waals surface area contributed by atoms with Crippen molar-refractivity contribution in [3.8, 4) is 11.5 Å². The van der Waals surface area contributed by atoms with Gasteiger partial charge in [0.05, 0.1) is 17.0 Å². The average molecular weight is 442 g/mol. The summed E-state index contributed by atoms with van der Waals surface area (Å²) < 4.78 is 70.5. The van der Waals surface area contributed by atoms with Gasteiger partial charge in [0.25, 0.3) is 5.91 Å². The molecule has 2 aromatic rings. The number of hydrogen-bond acceptors (Lipinski definition) is 5. The Hall–Kier alpha value is -2.89. The summed E-state index contributed by atoms with van der Waals surface area (Å²) in [6.45, 7) is -0.0347. The molecule has 30 heavy (non-hydrogen) atoms. The van der Waals surface area contributed by atoms with Crippen LogP contribution in [0.1, 0.15) is 12.0 Å². The van der Waals surface area contributed by atoms with E-state index in [0.29, 0.717) is 5.06 Å². The molecule has 11 heteroatoms. The van der Waals surface area contributed by atoms with Crippen molar-refractivity contribution < 1.29 is 36.3 Å². The number of alkyl halides is 3. The van der Waals surface area contributed by atoms with Crippen LogP contribution in [0.25, 0.3) is 0 Å². The molecule has 0 aromatic heterocycles. The van der Waals surface area contributed by atoms with Crippen LogP contribution in [0, 0.1) is 0 Å². The summed E-state index contributed by atoms with van der Waals surface area (Å²) in [5.74, 6) is -0.412. The van der Waals surface area contributed by atoms with Gasteiger partial charge in [0.2, 0.25) is 10.0 Å². The van der Waals surface area contributed by atoms with E-state index in [1.165, 1.54) is 24.3 Å². The van der Waals surface area contributed by atoms with Gasteiger partial charge in [0.1, 0.15) is 17.5 Å². The molecule has 7 nitrogen and oxygen atoms in total. The third-order valence-corrected chi connectivity index (χ3v) is 5.71. The van der Waals surface area contributed by atoms with Crippen molar-refractivity contribution >= 4 is 15.9 Å². The van der Waals surface area contributed by atoms with Crippen LogP contribution in [0.2, 0.25) is 0 Å². The largest absolute Gasteiger partial charge is 0.457 e. The molecule has 1 amide bonds. The molecule has 2 N–H and O–H groups in total. The van der Waals surface area contributed by atoms with Crippen molar-refractivity contribution in [2.45, 2.75) is 23.5 Å². The first-order valence-electron chi connectivity index (χ1n) is 8.69. The van der Waals surface area contributed by atoms with E-state index in [-0.39, 0.29) is 29.4 Å². The molecule has 0 bridgehead atoms. The minimum Gasteiger partial charge on any atom is -0.457 e. The lowest BCUT2D eigenvalue weighted by Gasteiger charge is -2.19. The van der Waals surface area contributed by atoms with E-state index in [1.54, 1.807) is 12.2 Å². The second-order valence-electron chi connectivity index (χ2n) is 6.40. The number of ether oxygens (including phenoxy) is 1. The Kier molecular flexibility index (Phi) is 6.15. The highest BCUT2D eigenvalue weighted by Gasteiger charge is 2.30. The Bertz CT molecular complexity index is 1040. The molecule has 0 saturated heterocycles. The van der Waals surface area contributed by atoms with Gasteiger partial charge >= 0.3 is 6.18 Å². The monoisotopic (exact) mass is 442 g/mol. The van der Waals surface area contributed by atoms with Crippen LogP contribution >= 0.6 is 0 Å². The zero-order valence-corrected chi connectivity index (χ0v) is 16.2. The van der Waals surface area contributed by atoms with E-state index in [0.717, 1.165) is 24.3 Å². The van der Waals surface area contributed by atoms with Gasteiger partial charge in [-0.1, -0.05) is 12.2 Å². The second-order valence-corrected chi connectivity index (χ2v) is 8.11. The Labute approximate surface area is 170 Å². The topological polar surface area (TPSA) is 95.9 Å². The fraction of sp³-hybridized carbons (Fsp3) is 0.211. The molecule has 1 atom stereocenters. The summed E-state index contributed by atoms with van der Waals surface area (Å²) in [7, 11) is -4.07. The maximum absolute atomic E-state index is 12.6. The molecule has 0 spiro atoms. The van der Waals surface area contributed by atoms with Crippen molar-refractivity contribution in [3.05, 3.63) is 66.2 Å². The fourth-order valence-electron chi connectivity index (χ4n) is 2.67. The molecular weight excluding hydrogens is 425 g/mol. The third kappa shape index (κ3) is 5.17. The van der Waals surface area contributed by atoms with E-state index in [9.17, 15) is 31.6 Å². The molecule has 0 saturated carbocycles. The molecule has 0 unspecified atom stereocenters. The Balaban J connectivity index is 1.70. The van der Waals surface area contributed by atoms with Gasteiger partial charge in [0.15, 0.2) is 0 Å². The van der Waals surface area contributed by atoms with Crippen LogP contribution in [-0.4, -0.2) is 37.2 Å². The highest BCUT2D eigenvalue weighted by Crippen LogP contribution is 2.31. The first-order valence-corrected chi connectivity index (χ1v) is 10.2. The summed E-state index contributed by atoms with van der Waals surface area (Å²) in [6, 6.07) is 8.04. The Morgan fingerprint density at radius 1 is 1.00 bits per heavy atom. The van der Waals surface area contributed by atoms with Crippen molar-refractivity contribution in [3.63, 3.8) is 0 Å². The molecule has 1 aliphatic rings. The fourth-order valence-corrected chi connectivity index (χ4v) is 3.87. The summed E-state index contributed by atoms with van der Waals surface area (Å²) in [6.07, 6.45) is -1.24. The van der Waals surface area contributed by atoms with Gasteiger partial charge in [-0.3, -0.25) is 10.0 Å². The number of nitrogens with one attached hydrogen (secondary N) is 1. The van der Waals surface area contributed by atoms with Crippen LogP contribution in [-0.2, 0) is 21.0 Å². The number of carbonyl (C=O) groups is 1. The van der Waals surface area contributed by atoms with Gasteiger partial charge in [-0.25, -0.2) is 13.5 Å². The zero-order chi connectivity index (χ0) is 21.9. The molecule has 0 radical (unpaired) electrons. The zero-order valence-electron chi connectivity index (χ0n) is 15.3. The molecule has 0 aliphatic carbocycles. The number of hydrogen-bond donors (Lipinski definition) is 2. The van der Waals surface area contributed by atoms with E-state index < -0.39 is 33.7 Å². The number of benzene rings is 2. The third-order valence-electron chi connectivity index (χ3n) is 4.22. The van der Waals surface area contributed by atoms with Gasteiger partial charge in [-0.15, -0.1) is 0 Å². The first-order chi connectivity index (χ1) is 14.1. The number of carbonyl (C=O) groups excluding carboxylic acids is 1. The molecule has 0 fully saturated rings. The first kappa shape index (κ1) is 21.8. The predicted molar refractivity (Wildman–Crippen MR) is 99.3 cm³/mol. The van der Waals surface area contributed by atoms with Gasteiger partial charge in [-0.2, -0.15) is 17.9 Å². The quantitative estimate of drug-likeness (QED) is 0.547. The van der Waals surface area contributed by atoms with Crippen molar-refractivity contribution in [1.82, 2.24) is 9.79 Å². The highest BCUT2D eigenvalue weighted by atomic mass is 32.2. The SMILES string of the molecule is O=C1[C@H](NS(=O)(=O)c2ccc(Oc3ccc(C(F)(F)F)cc3)cc2)CC=CCN1O. The van der Waals surface area contributed by atoms with E-state index in [2.05, 4.69) is 4.72 Å². The van der Waals surface area contributed by atoms with Gasteiger partial charge in [-0.05, 0) is 55.0 Å². The van der Waals surface area contributed by atoms with Crippen molar-refractivity contribution in [1.29, 1.82) is 0 Å². The van der Waals surface area contributed by atoms with Crippen LogP contribution in [0.4, 0.5) is 13.2 Å². The molecular formula is C19H17F3N2O5S. The lowest BCUT2D eigenvalue weighted by Crippen LogP contribution is -2.46. The summed E-state index contributed by atoms with van der Waals surface area (Å²) in [4.78, 5) is 11.9. The molecule has 3 rings (SSSR count). The number of nitrogens with zero attached hydrogens (tertiary/aromatic N) is 1. The summed E-state index contributed by atoms with van der Waals surface area (Å²) >= 11 is 0. The molecule has 1 aliphatic heterocycles. The molecule has 2 aromatic carbocycles. The van der Waals surface area contributed by atoms with Crippen molar-refractivity contribution in [2.24, 2.45) is 0 Å². The number of amides is 1. The van der Waals surface area contributed by atoms with E-state index >= 15 is 0 Å². The Morgan fingerprint density at radius 3 is 2.13 bits per heavy atom. The van der Waals surface area contributed by atoms with Gasteiger partial charge < -0.3 is 4.74 Å². The van der Waals surface area contributed by atoms with E-state index in [1.807, 2.05) is 0 Å². The number of rotatable bonds is 5. The van der Waals surface area contributed by atoms with Crippen LogP contribution in [0.15, 0.2) is 65.6 Å². The predicted octanol–water partition coefficient (Wildman–Crippen LogP) is 3.32. The van der Waals surface area contributed by atoms with Crippen LogP contribution < -0.4 is 9.46 Å². The smallest absolute Gasteiger partial charge is 0.416 e. The molecule has 1 heterocycles. The highest BCUT2D eigenvalue weighted by molar-refractivity contribution is 7.89. The number of sulfonamides is 1. The van der Waals surface area contributed by atoms with E-state index in [4.69, 9.17) is 4.74 Å². The minimum absolute atomic E-state index is 0.0347. The minimum atomic E-state index is -4.46. The lowest BCUT2D eigenvalue weighted by atomic mass is 10.2. The average Bonchev–Trinajstić information content (AvgIpc) is 2.84. The molecule has 160 valence electrons. The van der Waals surface area contributed by atoms with Crippen LogP contribution in [0.5, 0.6) is 11.5 Å². The maximum Gasteiger partial charge on any atom is 0.416 e. The lowest BCUT2D eigenvalue weighted by molar-refractivity contribution is -0.164. The second kappa shape index (κ2) is 8.46. The normalized spacial score (nSPS) is 17.7. The van der Waals surface area contributed by atoms with Crippen molar-refractivity contribution in [2.75, 3.05) is 6.54 Å². The number of hydroxylamine groups is 2.